The third-order valence-electron chi connectivity index (χ3n) is 3.38. The average molecular weight is 294 g/mol. The zero-order chi connectivity index (χ0) is 15.4. The van der Waals surface area contributed by atoms with E-state index in [0.29, 0.717) is 18.8 Å². The fourth-order valence-electron chi connectivity index (χ4n) is 2.14. The molecule has 8 nitrogen and oxygen atoms in total. The maximum absolute atomic E-state index is 12.6. The van der Waals surface area contributed by atoms with E-state index in [1.54, 1.807) is 12.0 Å². The number of nitrogens with one attached hydrogen (secondary N) is 1. The van der Waals surface area contributed by atoms with E-state index in [9.17, 15) is 14.9 Å². The highest BCUT2D eigenvalue weighted by molar-refractivity contribution is 5.99. The number of nitrogens with two attached hydrogens (primary N) is 1. The maximum atomic E-state index is 12.6. The number of carbonyl (C=O) groups is 1. The molecule has 1 fully saturated rings. The fraction of sp³-hybridized carbons (Fsp3) is 0.462. The lowest BCUT2D eigenvalue weighted by molar-refractivity contribution is -0.385. The number of benzene rings is 1. The number of carbonyl (C=O) groups excluding carboxylic acids is 1. The molecule has 2 rings (SSSR count). The average Bonchev–Trinajstić information content (AvgIpc) is 3.31. The molecule has 0 heterocycles. The molecular formula is C13H18N4O4. The van der Waals surface area contributed by atoms with Gasteiger partial charge < -0.3 is 15.1 Å². The molecule has 0 radical (unpaired) electrons. The summed E-state index contributed by atoms with van der Waals surface area (Å²) in [6.07, 6.45) is 1.83. The predicted octanol–water partition coefficient (Wildman–Crippen LogP) is 1.13. The molecule has 0 saturated heterocycles. The highest BCUT2D eigenvalue weighted by Crippen LogP contribution is 2.31. The fourth-order valence-corrected chi connectivity index (χ4v) is 2.14. The summed E-state index contributed by atoms with van der Waals surface area (Å²) in [4.78, 5) is 24.8. The molecular weight excluding hydrogens is 276 g/mol. The first kappa shape index (κ1) is 15.2. The van der Waals surface area contributed by atoms with Gasteiger partial charge in [0.2, 0.25) is 0 Å². The third-order valence-corrected chi connectivity index (χ3v) is 3.38. The van der Waals surface area contributed by atoms with Crippen LogP contribution in [0, 0.1) is 10.1 Å². The molecule has 1 aromatic carbocycles. The Morgan fingerprint density at radius 1 is 1.57 bits per heavy atom. The number of anilines is 1. The summed E-state index contributed by atoms with van der Waals surface area (Å²) in [6, 6.07) is 4.29. The van der Waals surface area contributed by atoms with E-state index in [-0.39, 0.29) is 23.2 Å². The van der Waals surface area contributed by atoms with E-state index in [2.05, 4.69) is 5.43 Å². The Bertz CT molecular complexity index is 545. The van der Waals surface area contributed by atoms with E-state index in [1.807, 2.05) is 0 Å². The lowest BCUT2D eigenvalue weighted by Gasteiger charge is -2.22. The Labute approximate surface area is 122 Å². The van der Waals surface area contributed by atoms with Crippen molar-refractivity contribution in [1.82, 2.24) is 4.90 Å². The Balaban J connectivity index is 2.32. The highest BCUT2D eigenvalue weighted by atomic mass is 16.6. The molecule has 21 heavy (non-hydrogen) atoms. The van der Waals surface area contributed by atoms with Crippen LogP contribution in [0.15, 0.2) is 18.2 Å². The van der Waals surface area contributed by atoms with Gasteiger partial charge in [-0.3, -0.25) is 20.8 Å². The van der Waals surface area contributed by atoms with Gasteiger partial charge in [-0.25, -0.2) is 0 Å². The molecule has 3 N–H and O–H groups in total. The van der Waals surface area contributed by atoms with Crippen molar-refractivity contribution in [1.29, 1.82) is 0 Å². The topological polar surface area (TPSA) is 111 Å². The van der Waals surface area contributed by atoms with Crippen molar-refractivity contribution >= 4 is 17.3 Å². The number of ether oxygens (including phenoxy) is 1. The van der Waals surface area contributed by atoms with Crippen LogP contribution in [0.5, 0.6) is 0 Å². The number of hydrogen-bond donors (Lipinski definition) is 2. The van der Waals surface area contributed by atoms with Gasteiger partial charge in [-0.1, -0.05) is 0 Å². The summed E-state index contributed by atoms with van der Waals surface area (Å²) in [5.74, 6) is 4.95. The van der Waals surface area contributed by atoms with Gasteiger partial charge in [0.15, 0.2) is 0 Å². The summed E-state index contributed by atoms with van der Waals surface area (Å²) < 4.78 is 5.00. The van der Waals surface area contributed by atoms with Crippen molar-refractivity contribution in [2.45, 2.75) is 18.9 Å². The van der Waals surface area contributed by atoms with Gasteiger partial charge >= 0.3 is 0 Å². The minimum absolute atomic E-state index is 0.0402. The number of nitrogen functional groups attached to an aromatic ring is 1. The van der Waals surface area contributed by atoms with E-state index in [4.69, 9.17) is 10.6 Å². The molecule has 0 spiro atoms. The lowest BCUT2D eigenvalue weighted by Crippen LogP contribution is -2.36. The van der Waals surface area contributed by atoms with Crippen molar-refractivity contribution in [2.24, 2.45) is 5.84 Å². The SMILES string of the molecule is COCCN(C(=O)c1cc(NN)ccc1[N+](=O)[O-])C1CC1. The third kappa shape index (κ3) is 3.47. The van der Waals surface area contributed by atoms with E-state index in [1.165, 1.54) is 18.2 Å². The van der Waals surface area contributed by atoms with Gasteiger partial charge in [0.25, 0.3) is 11.6 Å². The zero-order valence-corrected chi connectivity index (χ0v) is 11.7. The summed E-state index contributed by atoms with van der Waals surface area (Å²) in [5, 5.41) is 11.1. The monoisotopic (exact) mass is 294 g/mol. The quantitative estimate of drug-likeness (QED) is 0.443. The summed E-state index contributed by atoms with van der Waals surface area (Å²) in [6.45, 7) is 0.808. The van der Waals surface area contributed by atoms with Crippen molar-refractivity contribution in [3.05, 3.63) is 33.9 Å². The Hall–Kier alpha value is -2.19. The second kappa shape index (κ2) is 6.51. The number of hydrazine groups is 1. The molecule has 0 bridgehead atoms. The number of rotatable bonds is 7. The molecule has 0 atom stereocenters. The zero-order valence-electron chi connectivity index (χ0n) is 11.7. The maximum Gasteiger partial charge on any atom is 0.282 e. The van der Waals surface area contributed by atoms with Crippen LogP contribution >= 0.6 is 0 Å². The Morgan fingerprint density at radius 2 is 2.29 bits per heavy atom. The van der Waals surface area contributed by atoms with Gasteiger partial charge in [-0.05, 0) is 25.0 Å². The van der Waals surface area contributed by atoms with Crippen LogP contribution in [0.25, 0.3) is 0 Å². The second-order valence-electron chi connectivity index (χ2n) is 4.86. The van der Waals surface area contributed by atoms with Crippen molar-refractivity contribution < 1.29 is 14.5 Å². The summed E-state index contributed by atoms with van der Waals surface area (Å²) in [7, 11) is 1.55. The van der Waals surface area contributed by atoms with E-state index in [0.717, 1.165) is 12.8 Å². The Morgan fingerprint density at radius 3 is 2.81 bits per heavy atom. The first-order chi connectivity index (χ1) is 10.1. The molecule has 0 aliphatic heterocycles. The molecule has 0 aromatic heterocycles. The van der Waals surface area contributed by atoms with Gasteiger partial charge in [0.05, 0.1) is 11.5 Å². The van der Waals surface area contributed by atoms with Crippen molar-refractivity contribution in [3.8, 4) is 0 Å². The van der Waals surface area contributed by atoms with E-state index < -0.39 is 4.92 Å². The molecule has 8 heteroatoms. The van der Waals surface area contributed by atoms with Gasteiger partial charge in [-0.2, -0.15) is 0 Å². The Kier molecular flexibility index (Phi) is 4.71. The largest absolute Gasteiger partial charge is 0.383 e. The standard InChI is InChI=1S/C13H18N4O4/c1-21-7-6-16(10-3-4-10)13(18)11-8-9(15-14)2-5-12(11)17(19)20/h2,5,8,10,15H,3-4,6-7,14H2,1H3. The van der Waals surface area contributed by atoms with Crippen LogP contribution in [0.4, 0.5) is 11.4 Å². The van der Waals surface area contributed by atoms with Gasteiger partial charge in [0, 0.05) is 31.5 Å². The molecule has 1 aliphatic carbocycles. The minimum Gasteiger partial charge on any atom is -0.383 e. The number of nitro groups is 1. The first-order valence-electron chi connectivity index (χ1n) is 6.63. The number of nitro benzene ring substituents is 1. The first-order valence-corrected chi connectivity index (χ1v) is 6.63. The lowest BCUT2D eigenvalue weighted by atomic mass is 10.1. The van der Waals surface area contributed by atoms with Crippen LogP contribution < -0.4 is 11.3 Å². The summed E-state index contributed by atoms with van der Waals surface area (Å²) in [5.41, 5.74) is 2.67. The molecule has 1 amide bonds. The highest BCUT2D eigenvalue weighted by Gasteiger charge is 2.35. The van der Waals surface area contributed by atoms with E-state index >= 15 is 0 Å². The molecule has 114 valence electrons. The second-order valence-corrected chi connectivity index (χ2v) is 4.86. The van der Waals surface area contributed by atoms with Crippen LogP contribution in [0.1, 0.15) is 23.2 Å². The number of nitrogens with zero attached hydrogens (tertiary/aromatic N) is 2. The molecule has 1 aliphatic rings. The molecule has 0 unspecified atom stereocenters. The minimum atomic E-state index is -0.561. The molecule has 1 saturated carbocycles. The number of hydrogen-bond acceptors (Lipinski definition) is 6. The van der Waals surface area contributed by atoms with Crippen LogP contribution in [-0.4, -0.2) is 42.0 Å². The van der Waals surface area contributed by atoms with Crippen LogP contribution in [0.3, 0.4) is 0 Å². The van der Waals surface area contributed by atoms with Gasteiger partial charge in [0.1, 0.15) is 5.56 Å². The number of amides is 1. The number of methoxy groups -OCH3 is 1. The summed E-state index contributed by atoms with van der Waals surface area (Å²) >= 11 is 0. The van der Waals surface area contributed by atoms with Crippen molar-refractivity contribution in [2.75, 3.05) is 25.7 Å². The van der Waals surface area contributed by atoms with Crippen molar-refractivity contribution in [3.63, 3.8) is 0 Å². The molecule has 1 aromatic rings. The van der Waals surface area contributed by atoms with Crippen LogP contribution in [0.2, 0.25) is 0 Å². The normalized spacial score (nSPS) is 13.8. The predicted molar refractivity (Wildman–Crippen MR) is 76.8 cm³/mol. The van der Waals surface area contributed by atoms with Crippen LogP contribution in [-0.2, 0) is 4.74 Å². The smallest absolute Gasteiger partial charge is 0.282 e. The van der Waals surface area contributed by atoms with Gasteiger partial charge in [-0.15, -0.1) is 0 Å².